The quantitative estimate of drug-likeness (QED) is 0.781. The van der Waals surface area contributed by atoms with Crippen LogP contribution in [-0.4, -0.2) is 39.2 Å². The van der Waals surface area contributed by atoms with Crippen molar-refractivity contribution in [2.24, 2.45) is 0 Å². The second-order valence-electron chi connectivity index (χ2n) is 5.68. The van der Waals surface area contributed by atoms with Gasteiger partial charge in [-0.3, -0.25) is 4.79 Å². The molecule has 1 amide bonds. The fraction of sp³-hybridized carbons (Fsp3) is 0.316. The molecule has 0 bridgehead atoms. The number of nitrogens with zero attached hydrogens (tertiary/aromatic N) is 1. The van der Waals surface area contributed by atoms with Crippen molar-refractivity contribution in [1.82, 2.24) is 4.90 Å². The van der Waals surface area contributed by atoms with Crippen LogP contribution in [0.2, 0.25) is 0 Å². The van der Waals surface area contributed by atoms with E-state index in [9.17, 15) is 13.6 Å². The lowest BCUT2D eigenvalue weighted by atomic mass is 10.1. The van der Waals surface area contributed by atoms with Crippen LogP contribution in [0.1, 0.15) is 28.9 Å². The molecule has 0 fully saturated rings. The third-order valence-corrected chi connectivity index (χ3v) is 4.24. The molecule has 0 aliphatic heterocycles. The van der Waals surface area contributed by atoms with Gasteiger partial charge in [0, 0.05) is 12.6 Å². The Kier molecular flexibility index (Phi) is 6.02. The lowest BCUT2D eigenvalue weighted by Crippen LogP contribution is -2.29. The number of halogens is 2. The molecule has 0 aliphatic rings. The summed E-state index contributed by atoms with van der Waals surface area (Å²) in [6, 6.07) is 6.17. The first kappa shape index (κ1) is 19.5. The van der Waals surface area contributed by atoms with Crippen molar-refractivity contribution in [2.75, 3.05) is 28.4 Å². The average molecular weight is 365 g/mol. The Morgan fingerprint density at radius 2 is 1.54 bits per heavy atom. The Morgan fingerprint density at radius 1 is 0.962 bits per heavy atom. The zero-order valence-corrected chi connectivity index (χ0v) is 15.3. The van der Waals surface area contributed by atoms with E-state index in [0.29, 0.717) is 28.4 Å². The third kappa shape index (κ3) is 3.71. The molecule has 0 spiro atoms. The van der Waals surface area contributed by atoms with Gasteiger partial charge in [0.1, 0.15) is 0 Å². The van der Waals surface area contributed by atoms with Gasteiger partial charge in [0.25, 0.3) is 5.91 Å². The van der Waals surface area contributed by atoms with Crippen LogP contribution in [0.15, 0.2) is 30.3 Å². The summed E-state index contributed by atoms with van der Waals surface area (Å²) in [6.45, 7) is 1.72. The second-order valence-corrected chi connectivity index (χ2v) is 5.68. The highest BCUT2D eigenvalue weighted by Crippen LogP contribution is 2.38. The predicted octanol–water partition coefficient (Wildman–Crippen LogP) is 3.82. The molecule has 0 aliphatic carbocycles. The van der Waals surface area contributed by atoms with Gasteiger partial charge in [-0.2, -0.15) is 0 Å². The zero-order valence-electron chi connectivity index (χ0n) is 15.3. The van der Waals surface area contributed by atoms with E-state index < -0.39 is 17.7 Å². The molecule has 5 nitrogen and oxygen atoms in total. The highest BCUT2D eigenvalue weighted by Gasteiger charge is 2.23. The first-order chi connectivity index (χ1) is 12.3. The summed E-state index contributed by atoms with van der Waals surface area (Å²) in [5.74, 6) is -1.14. The number of ether oxygens (including phenoxy) is 3. The van der Waals surface area contributed by atoms with Crippen LogP contribution in [0.5, 0.6) is 17.2 Å². The molecule has 0 saturated carbocycles. The van der Waals surface area contributed by atoms with Gasteiger partial charge < -0.3 is 19.1 Å². The summed E-state index contributed by atoms with van der Waals surface area (Å²) in [6.07, 6.45) is 0. The standard InChI is InChI=1S/C19H21F2NO4/c1-11(12-6-7-14(20)15(21)8-12)22(2)19(23)13-9-16(24-3)18(26-5)17(10-13)25-4/h6-11H,1-5H3. The maximum atomic E-state index is 13.5. The van der Waals surface area contributed by atoms with Gasteiger partial charge in [-0.15, -0.1) is 0 Å². The number of hydrogen-bond donors (Lipinski definition) is 0. The summed E-state index contributed by atoms with van der Waals surface area (Å²) in [5, 5.41) is 0. The molecular formula is C19H21F2NO4. The van der Waals surface area contributed by atoms with Crippen LogP contribution in [0.4, 0.5) is 8.78 Å². The molecule has 0 heterocycles. The Morgan fingerprint density at radius 3 is 2.00 bits per heavy atom. The van der Waals surface area contributed by atoms with E-state index in [1.807, 2.05) is 0 Å². The SMILES string of the molecule is COc1cc(C(=O)N(C)C(C)c2ccc(F)c(F)c2)cc(OC)c1OC. The largest absolute Gasteiger partial charge is 0.493 e. The molecule has 0 radical (unpaired) electrons. The molecule has 1 unspecified atom stereocenters. The molecular weight excluding hydrogens is 344 g/mol. The lowest BCUT2D eigenvalue weighted by molar-refractivity contribution is 0.0741. The van der Waals surface area contributed by atoms with E-state index in [0.717, 1.165) is 12.1 Å². The van der Waals surface area contributed by atoms with Crippen molar-refractivity contribution < 1.29 is 27.8 Å². The summed E-state index contributed by atoms with van der Waals surface area (Å²) in [4.78, 5) is 14.3. The first-order valence-electron chi connectivity index (χ1n) is 7.86. The second kappa shape index (κ2) is 8.03. The summed E-state index contributed by atoms with van der Waals surface area (Å²) in [7, 11) is 5.97. The number of benzene rings is 2. The van der Waals surface area contributed by atoms with Crippen LogP contribution < -0.4 is 14.2 Å². The molecule has 2 rings (SSSR count). The predicted molar refractivity (Wildman–Crippen MR) is 93.0 cm³/mol. The number of hydrogen-bond acceptors (Lipinski definition) is 4. The summed E-state index contributed by atoms with van der Waals surface area (Å²) >= 11 is 0. The van der Waals surface area contributed by atoms with Crippen molar-refractivity contribution >= 4 is 5.91 Å². The molecule has 140 valence electrons. The number of carbonyl (C=O) groups excluding carboxylic acids is 1. The summed E-state index contributed by atoms with van der Waals surface area (Å²) in [5.41, 5.74) is 0.795. The van der Waals surface area contributed by atoms with Crippen LogP contribution in [0.3, 0.4) is 0 Å². The molecule has 2 aromatic rings. The maximum Gasteiger partial charge on any atom is 0.254 e. The van der Waals surface area contributed by atoms with Gasteiger partial charge in [0.15, 0.2) is 23.1 Å². The zero-order chi connectivity index (χ0) is 19.4. The van der Waals surface area contributed by atoms with Gasteiger partial charge in [0.05, 0.1) is 27.4 Å². The topological polar surface area (TPSA) is 48.0 Å². The smallest absolute Gasteiger partial charge is 0.254 e. The Labute approximate surface area is 151 Å². The molecule has 0 N–H and O–H groups in total. The molecule has 0 saturated heterocycles. The molecule has 0 aromatic heterocycles. The lowest BCUT2D eigenvalue weighted by Gasteiger charge is -2.26. The maximum absolute atomic E-state index is 13.5. The minimum Gasteiger partial charge on any atom is -0.493 e. The van der Waals surface area contributed by atoms with Crippen molar-refractivity contribution in [2.45, 2.75) is 13.0 Å². The van der Waals surface area contributed by atoms with Gasteiger partial charge in [-0.05, 0) is 36.8 Å². The Hall–Kier alpha value is -2.83. The summed E-state index contributed by atoms with van der Waals surface area (Å²) < 4.78 is 42.4. The third-order valence-electron chi connectivity index (χ3n) is 4.24. The van der Waals surface area contributed by atoms with Crippen LogP contribution in [-0.2, 0) is 0 Å². The van der Waals surface area contributed by atoms with Crippen molar-refractivity contribution in [3.8, 4) is 17.2 Å². The van der Waals surface area contributed by atoms with Gasteiger partial charge >= 0.3 is 0 Å². The van der Waals surface area contributed by atoms with E-state index in [1.54, 1.807) is 14.0 Å². The molecule has 26 heavy (non-hydrogen) atoms. The fourth-order valence-corrected chi connectivity index (χ4v) is 2.58. The van der Waals surface area contributed by atoms with Crippen molar-refractivity contribution in [3.05, 3.63) is 53.1 Å². The van der Waals surface area contributed by atoms with E-state index >= 15 is 0 Å². The van der Waals surface area contributed by atoms with E-state index in [1.165, 1.54) is 44.4 Å². The highest BCUT2D eigenvalue weighted by molar-refractivity contribution is 5.95. The van der Waals surface area contributed by atoms with Crippen molar-refractivity contribution in [1.29, 1.82) is 0 Å². The first-order valence-corrected chi connectivity index (χ1v) is 7.86. The minimum absolute atomic E-state index is 0.316. The van der Waals surface area contributed by atoms with Crippen molar-refractivity contribution in [3.63, 3.8) is 0 Å². The van der Waals surface area contributed by atoms with E-state index in [2.05, 4.69) is 0 Å². The molecule has 7 heteroatoms. The molecule has 2 aromatic carbocycles. The van der Waals surface area contributed by atoms with E-state index in [4.69, 9.17) is 14.2 Å². The normalized spacial score (nSPS) is 11.7. The molecule has 1 atom stereocenters. The van der Waals surface area contributed by atoms with Crippen LogP contribution >= 0.6 is 0 Å². The number of amides is 1. The minimum atomic E-state index is -0.956. The Bertz CT molecular complexity index is 785. The average Bonchev–Trinajstić information content (AvgIpc) is 2.66. The highest BCUT2D eigenvalue weighted by atomic mass is 19.2. The monoisotopic (exact) mass is 365 g/mol. The number of carbonyl (C=O) groups is 1. The van der Waals surface area contributed by atoms with Crippen LogP contribution in [0, 0.1) is 11.6 Å². The van der Waals surface area contributed by atoms with Crippen LogP contribution in [0.25, 0.3) is 0 Å². The number of rotatable bonds is 6. The number of methoxy groups -OCH3 is 3. The van der Waals surface area contributed by atoms with E-state index in [-0.39, 0.29) is 5.91 Å². The fourth-order valence-electron chi connectivity index (χ4n) is 2.58. The van der Waals surface area contributed by atoms with Gasteiger partial charge in [-0.25, -0.2) is 8.78 Å². The Balaban J connectivity index is 2.36. The van der Waals surface area contributed by atoms with Gasteiger partial charge in [0.2, 0.25) is 5.75 Å². The van der Waals surface area contributed by atoms with Gasteiger partial charge in [-0.1, -0.05) is 6.07 Å².